The van der Waals surface area contributed by atoms with Crippen LogP contribution in [0.4, 0.5) is 5.69 Å². The molecule has 0 spiro atoms. The maximum absolute atomic E-state index is 11.2. The quantitative estimate of drug-likeness (QED) is 0.672. The van der Waals surface area contributed by atoms with Crippen LogP contribution < -0.4 is 0 Å². The maximum Gasteiger partial charge on any atom is 0.308 e. The summed E-state index contributed by atoms with van der Waals surface area (Å²) in [5.41, 5.74) is 0.964. The van der Waals surface area contributed by atoms with E-state index in [-0.39, 0.29) is 17.6 Å². The SMILES string of the molecule is O=C(O)C1CC2CCC1N2Cc1cccc([N+](=O)[O-])c1. The van der Waals surface area contributed by atoms with Gasteiger partial charge in [0.25, 0.3) is 5.69 Å². The Balaban J connectivity index is 1.77. The Morgan fingerprint density at radius 2 is 2.25 bits per heavy atom. The third-order valence-electron chi connectivity index (χ3n) is 4.48. The molecule has 1 N–H and O–H groups in total. The molecule has 0 amide bonds. The van der Waals surface area contributed by atoms with Crippen LogP contribution in [-0.4, -0.2) is 33.0 Å². The van der Waals surface area contributed by atoms with Crippen molar-refractivity contribution in [3.8, 4) is 0 Å². The largest absolute Gasteiger partial charge is 0.481 e. The van der Waals surface area contributed by atoms with Gasteiger partial charge in [0.2, 0.25) is 0 Å². The van der Waals surface area contributed by atoms with Crippen LogP contribution in [0.1, 0.15) is 24.8 Å². The molecule has 6 nitrogen and oxygen atoms in total. The van der Waals surface area contributed by atoms with E-state index in [2.05, 4.69) is 4.90 Å². The molecule has 0 aliphatic carbocycles. The van der Waals surface area contributed by atoms with E-state index in [0.717, 1.165) is 18.4 Å². The standard InChI is InChI=1S/C14H16N2O4/c17-14(18)12-7-10-4-5-13(12)15(10)8-9-2-1-3-11(6-9)16(19)20/h1-3,6,10,12-13H,4-5,7-8H2,(H,17,18). The van der Waals surface area contributed by atoms with Gasteiger partial charge < -0.3 is 5.11 Å². The van der Waals surface area contributed by atoms with Gasteiger partial charge >= 0.3 is 5.97 Å². The summed E-state index contributed by atoms with van der Waals surface area (Å²) in [6.45, 7) is 0.598. The molecule has 2 aliphatic heterocycles. The van der Waals surface area contributed by atoms with Crippen molar-refractivity contribution < 1.29 is 14.8 Å². The summed E-state index contributed by atoms with van der Waals surface area (Å²) in [7, 11) is 0. The van der Waals surface area contributed by atoms with Crippen molar-refractivity contribution >= 4 is 11.7 Å². The molecule has 2 heterocycles. The molecule has 2 aliphatic rings. The first kappa shape index (κ1) is 13.1. The zero-order valence-corrected chi connectivity index (χ0v) is 10.9. The summed E-state index contributed by atoms with van der Waals surface area (Å²) in [6, 6.07) is 6.98. The molecule has 1 aromatic carbocycles. The Labute approximate surface area is 116 Å². The second kappa shape index (κ2) is 4.86. The third kappa shape index (κ3) is 2.16. The van der Waals surface area contributed by atoms with Gasteiger partial charge in [0.15, 0.2) is 0 Å². The third-order valence-corrected chi connectivity index (χ3v) is 4.48. The first-order chi connectivity index (χ1) is 9.56. The Bertz CT molecular complexity index is 560. The van der Waals surface area contributed by atoms with Crippen molar-refractivity contribution in [1.82, 2.24) is 4.90 Å². The summed E-state index contributed by atoms with van der Waals surface area (Å²) in [6.07, 6.45) is 2.65. The molecular weight excluding hydrogens is 260 g/mol. The fourth-order valence-electron chi connectivity index (χ4n) is 3.59. The summed E-state index contributed by atoms with van der Waals surface area (Å²) in [4.78, 5) is 23.8. The zero-order valence-electron chi connectivity index (χ0n) is 10.9. The highest BCUT2D eigenvalue weighted by molar-refractivity contribution is 5.71. The van der Waals surface area contributed by atoms with Gasteiger partial charge in [-0.15, -0.1) is 0 Å². The van der Waals surface area contributed by atoms with E-state index < -0.39 is 10.9 Å². The predicted molar refractivity (Wildman–Crippen MR) is 71.2 cm³/mol. The fourth-order valence-corrected chi connectivity index (χ4v) is 3.59. The normalized spacial score (nSPS) is 28.7. The van der Waals surface area contributed by atoms with Crippen LogP contribution in [0.5, 0.6) is 0 Å². The zero-order chi connectivity index (χ0) is 14.3. The van der Waals surface area contributed by atoms with Gasteiger partial charge in [-0.1, -0.05) is 12.1 Å². The van der Waals surface area contributed by atoms with Gasteiger partial charge in [-0.2, -0.15) is 0 Å². The second-order valence-electron chi connectivity index (χ2n) is 5.58. The molecule has 2 bridgehead atoms. The number of benzene rings is 1. The van der Waals surface area contributed by atoms with Crippen molar-refractivity contribution in [2.45, 2.75) is 37.9 Å². The van der Waals surface area contributed by atoms with Crippen molar-refractivity contribution in [3.05, 3.63) is 39.9 Å². The van der Waals surface area contributed by atoms with Crippen LogP contribution in [0.3, 0.4) is 0 Å². The number of non-ortho nitro benzene ring substituents is 1. The fraction of sp³-hybridized carbons (Fsp3) is 0.500. The number of carbonyl (C=O) groups is 1. The van der Waals surface area contributed by atoms with E-state index in [1.807, 2.05) is 6.07 Å². The highest BCUT2D eigenvalue weighted by Gasteiger charge is 2.48. The van der Waals surface area contributed by atoms with E-state index in [0.29, 0.717) is 19.0 Å². The average molecular weight is 276 g/mol. The number of nitro benzene ring substituents is 1. The maximum atomic E-state index is 11.2. The van der Waals surface area contributed by atoms with Crippen LogP contribution in [0.25, 0.3) is 0 Å². The van der Waals surface area contributed by atoms with Gasteiger partial charge in [0.05, 0.1) is 10.8 Å². The molecule has 3 unspecified atom stereocenters. The first-order valence-electron chi connectivity index (χ1n) is 6.78. The van der Waals surface area contributed by atoms with Crippen molar-refractivity contribution in [2.75, 3.05) is 0 Å². The summed E-state index contributed by atoms with van der Waals surface area (Å²) < 4.78 is 0. The lowest BCUT2D eigenvalue weighted by Gasteiger charge is -2.22. The van der Waals surface area contributed by atoms with E-state index >= 15 is 0 Å². The van der Waals surface area contributed by atoms with Crippen LogP contribution in [0, 0.1) is 16.0 Å². The van der Waals surface area contributed by atoms with Crippen molar-refractivity contribution in [2.24, 2.45) is 5.92 Å². The minimum atomic E-state index is -0.721. The number of fused-ring (bicyclic) bond motifs is 2. The molecule has 1 aromatic rings. The average Bonchev–Trinajstić information content (AvgIpc) is 2.96. The van der Waals surface area contributed by atoms with E-state index in [1.54, 1.807) is 12.1 Å². The molecule has 0 aromatic heterocycles. The van der Waals surface area contributed by atoms with E-state index in [1.165, 1.54) is 6.07 Å². The molecule has 3 atom stereocenters. The van der Waals surface area contributed by atoms with Crippen molar-refractivity contribution in [3.63, 3.8) is 0 Å². The van der Waals surface area contributed by atoms with Gasteiger partial charge in [0.1, 0.15) is 0 Å². The lowest BCUT2D eigenvalue weighted by atomic mass is 9.89. The summed E-state index contributed by atoms with van der Waals surface area (Å²) >= 11 is 0. The predicted octanol–water partition coefficient (Wildman–Crippen LogP) is 2.03. The second-order valence-corrected chi connectivity index (χ2v) is 5.58. The van der Waals surface area contributed by atoms with Crippen molar-refractivity contribution in [1.29, 1.82) is 0 Å². The Morgan fingerprint density at radius 1 is 1.45 bits per heavy atom. The molecule has 20 heavy (non-hydrogen) atoms. The number of aliphatic carboxylic acids is 1. The van der Waals surface area contributed by atoms with Gasteiger partial charge in [0, 0.05) is 30.8 Å². The number of nitro groups is 1. The molecule has 0 saturated carbocycles. The number of carboxylic acid groups (broad SMARTS) is 1. The smallest absolute Gasteiger partial charge is 0.308 e. The Kier molecular flexibility index (Phi) is 3.17. The van der Waals surface area contributed by atoms with E-state index in [4.69, 9.17) is 0 Å². The highest BCUT2D eigenvalue weighted by Crippen LogP contribution is 2.42. The molecule has 6 heteroatoms. The van der Waals surface area contributed by atoms with Crippen LogP contribution >= 0.6 is 0 Å². The molecule has 0 radical (unpaired) electrons. The molecule has 2 saturated heterocycles. The van der Waals surface area contributed by atoms with Crippen LogP contribution in [0.15, 0.2) is 24.3 Å². The topological polar surface area (TPSA) is 83.7 Å². The first-order valence-corrected chi connectivity index (χ1v) is 6.78. The van der Waals surface area contributed by atoms with Crippen LogP contribution in [0.2, 0.25) is 0 Å². The lowest BCUT2D eigenvalue weighted by molar-refractivity contribution is -0.384. The highest BCUT2D eigenvalue weighted by atomic mass is 16.6. The number of hydrogen-bond acceptors (Lipinski definition) is 4. The van der Waals surface area contributed by atoms with Gasteiger partial charge in [-0.25, -0.2) is 0 Å². The minimum Gasteiger partial charge on any atom is -0.481 e. The lowest BCUT2D eigenvalue weighted by Crippen LogP contribution is -2.32. The number of carboxylic acids is 1. The van der Waals surface area contributed by atoms with Gasteiger partial charge in [-0.05, 0) is 24.8 Å². The summed E-state index contributed by atoms with van der Waals surface area (Å²) in [5.74, 6) is -1.01. The summed E-state index contributed by atoms with van der Waals surface area (Å²) in [5, 5.41) is 20.0. The molecular formula is C14H16N2O4. The molecule has 3 rings (SSSR count). The van der Waals surface area contributed by atoms with Gasteiger partial charge in [-0.3, -0.25) is 19.8 Å². The molecule has 106 valence electrons. The number of nitrogens with zero attached hydrogens (tertiary/aromatic N) is 2. The van der Waals surface area contributed by atoms with Crippen LogP contribution in [-0.2, 0) is 11.3 Å². The van der Waals surface area contributed by atoms with E-state index in [9.17, 15) is 20.0 Å². The number of hydrogen-bond donors (Lipinski definition) is 1. The minimum absolute atomic E-state index is 0.0803. The molecule has 2 fully saturated rings. The Hall–Kier alpha value is -1.95. The number of rotatable bonds is 4. The monoisotopic (exact) mass is 276 g/mol. The Morgan fingerprint density at radius 3 is 2.90 bits per heavy atom.